The van der Waals surface area contributed by atoms with E-state index < -0.39 is 34.5 Å². The lowest BCUT2D eigenvalue weighted by Gasteiger charge is -2.23. The number of primary amides is 1. The van der Waals surface area contributed by atoms with Gasteiger partial charge in [-0.2, -0.15) is 0 Å². The van der Waals surface area contributed by atoms with Gasteiger partial charge >= 0.3 is 5.97 Å². The van der Waals surface area contributed by atoms with Gasteiger partial charge in [0.2, 0.25) is 0 Å². The first kappa shape index (κ1) is 28.5. The average Bonchev–Trinajstić information content (AvgIpc) is 2.80. The van der Waals surface area contributed by atoms with Crippen LogP contribution in [0, 0.1) is 0 Å². The van der Waals surface area contributed by atoms with Crippen LogP contribution in [0.15, 0.2) is 71.4 Å². The first-order chi connectivity index (χ1) is 17.2. The van der Waals surface area contributed by atoms with Crippen molar-refractivity contribution in [1.82, 2.24) is 0 Å². The van der Waals surface area contributed by atoms with Crippen LogP contribution in [-0.2, 0) is 25.6 Å². The summed E-state index contributed by atoms with van der Waals surface area (Å²) in [5, 5.41) is 20.1. The van der Waals surface area contributed by atoms with Crippen LogP contribution in [0.1, 0.15) is 21.5 Å². The maximum atomic E-state index is 14.5. The number of sulfone groups is 1. The molecule has 0 radical (unpaired) electrons. The van der Waals surface area contributed by atoms with Crippen LogP contribution in [0.25, 0.3) is 6.08 Å². The van der Waals surface area contributed by atoms with E-state index in [2.05, 4.69) is 0 Å². The molecule has 0 saturated heterocycles. The highest BCUT2D eigenvalue weighted by molar-refractivity contribution is 7.90. The summed E-state index contributed by atoms with van der Waals surface area (Å²) in [5.41, 5.74) is 4.35. The number of amides is 1. The molecule has 37 heavy (non-hydrogen) atoms. The summed E-state index contributed by atoms with van der Waals surface area (Å²) in [7, 11) is -7.54. The van der Waals surface area contributed by atoms with Gasteiger partial charge in [-0.25, -0.2) is 8.42 Å². The van der Waals surface area contributed by atoms with Gasteiger partial charge in [-0.3, -0.25) is 9.59 Å². The summed E-state index contributed by atoms with van der Waals surface area (Å²) in [6, 6.07) is 13.9. The highest BCUT2D eigenvalue weighted by Gasteiger charge is 2.38. The number of hydrogen-bond acceptors (Lipinski definition) is 6. The Labute approximate surface area is 223 Å². The van der Waals surface area contributed by atoms with Gasteiger partial charge in [-0.05, 0) is 59.8 Å². The van der Waals surface area contributed by atoms with Crippen LogP contribution in [-0.4, -0.2) is 42.4 Å². The molecule has 0 bridgehead atoms. The molecule has 4 N–H and O–H groups in total. The van der Waals surface area contributed by atoms with Crippen molar-refractivity contribution in [3.8, 4) is 5.75 Å². The van der Waals surface area contributed by atoms with Crippen molar-refractivity contribution in [3.05, 3.63) is 93.2 Å². The van der Waals surface area contributed by atoms with E-state index in [9.17, 15) is 32.8 Å². The summed E-state index contributed by atoms with van der Waals surface area (Å²) in [5.74, 6) is -1.22. The Hall–Kier alpha value is -3.10. The maximum absolute atomic E-state index is 14.5. The standard InChI is InChI=1S/C25H22Cl2NO7PS/c1-37(34,35)19-7-2-4-15(10-19)13-22(25(31)32)36(33,18-6-3-5-17(29)14-18)9-8-16-11-20(26)23(24(28)30)21(27)12-16/h2-12,14,22,29H,13H2,1H3,(H2,28,30)(H,31,32)/b9-8+. The highest BCUT2D eigenvalue weighted by Crippen LogP contribution is 2.53. The van der Waals surface area contributed by atoms with Crippen LogP contribution in [0.4, 0.5) is 0 Å². The molecule has 8 nitrogen and oxygen atoms in total. The lowest BCUT2D eigenvalue weighted by molar-refractivity contribution is -0.136. The second-order valence-corrected chi connectivity index (χ2v) is 13.9. The summed E-state index contributed by atoms with van der Waals surface area (Å²) < 4.78 is 38.4. The molecule has 3 aromatic rings. The fourth-order valence-corrected chi connectivity index (χ4v) is 7.69. The first-order valence-corrected chi connectivity index (χ1v) is 15.1. The van der Waals surface area contributed by atoms with Gasteiger partial charge in [0.15, 0.2) is 17.0 Å². The molecule has 12 heteroatoms. The summed E-state index contributed by atoms with van der Waals surface area (Å²) in [4.78, 5) is 24.0. The van der Waals surface area contributed by atoms with Gasteiger partial charge in [0.25, 0.3) is 5.91 Å². The predicted molar refractivity (Wildman–Crippen MR) is 144 cm³/mol. The number of benzene rings is 3. The fraction of sp³-hybridized carbons (Fsp3) is 0.120. The van der Waals surface area contributed by atoms with Crippen LogP contribution in [0.5, 0.6) is 5.75 Å². The number of aromatic hydroxyl groups is 1. The Balaban J connectivity index is 2.15. The Morgan fingerprint density at radius 2 is 1.68 bits per heavy atom. The zero-order valence-corrected chi connectivity index (χ0v) is 22.6. The molecule has 1 amide bonds. The minimum Gasteiger partial charge on any atom is -0.508 e. The van der Waals surface area contributed by atoms with Crippen LogP contribution >= 0.6 is 30.3 Å². The zero-order valence-electron chi connectivity index (χ0n) is 19.3. The molecule has 0 aliphatic rings. The normalized spacial score (nSPS) is 14.2. The third-order valence-corrected chi connectivity index (χ3v) is 10.2. The molecule has 3 rings (SSSR count). The van der Waals surface area contributed by atoms with Crippen molar-refractivity contribution in [1.29, 1.82) is 0 Å². The number of hydrogen-bond donors (Lipinski definition) is 3. The summed E-state index contributed by atoms with van der Waals surface area (Å²) in [6.45, 7) is 0. The van der Waals surface area contributed by atoms with Gasteiger partial charge in [0, 0.05) is 11.6 Å². The molecule has 3 aromatic carbocycles. The van der Waals surface area contributed by atoms with E-state index in [0.717, 1.165) is 6.26 Å². The van der Waals surface area contributed by atoms with E-state index in [-0.39, 0.29) is 38.0 Å². The van der Waals surface area contributed by atoms with Crippen molar-refractivity contribution in [2.75, 3.05) is 6.26 Å². The van der Waals surface area contributed by atoms with Gasteiger partial charge in [-0.15, -0.1) is 0 Å². The molecule has 0 heterocycles. The Morgan fingerprint density at radius 1 is 1.05 bits per heavy atom. The predicted octanol–water partition coefficient (Wildman–Crippen LogP) is 4.56. The van der Waals surface area contributed by atoms with E-state index in [1.54, 1.807) is 6.07 Å². The van der Waals surface area contributed by atoms with E-state index in [1.807, 2.05) is 0 Å². The topological polar surface area (TPSA) is 152 Å². The first-order valence-electron chi connectivity index (χ1n) is 10.6. The minimum atomic E-state index is -3.98. The highest BCUT2D eigenvalue weighted by atomic mass is 35.5. The number of aliphatic carboxylic acids is 1. The average molecular weight is 582 g/mol. The SMILES string of the molecule is CS(=O)(=O)c1cccc(CC(C(=O)O)P(=O)(/C=C/c2cc(Cl)c(C(N)=O)c(Cl)c2)c2cccc(O)c2)c1. The quantitative estimate of drug-likeness (QED) is 0.313. The molecule has 0 aromatic heterocycles. The van der Waals surface area contributed by atoms with Crippen molar-refractivity contribution in [2.24, 2.45) is 5.73 Å². The number of nitrogens with two attached hydrogens (primary N) is 1. The number of carboxylic acids is 1. The second kappa shape index (κ2) is 11.1. The third kappa shape index (κ3) is 6.62. The van der Waals surface area contributed by atoms with E-state index in [1.165, 1.54) is 66.5 Å². The second-order valence-electron chi connectivity index (χ2n) is 8.25. The number of carbonyl (C=O) groups is 2. The van der Waals surface area contributed by atoms with Crippen molar-refractivity contribution < 1.29 is 32.8 Å². The van der Waals surface area contributed by atoms with Gasteiger partial charge < -0.3 is 20.5 Å². The van der Waals surface area contributed by atoms with Gasteiger partial charge in [0.1, 0.15) is 11.4 Å². The monoisotopic (exact) mass is 581 g/mol. The van der Waals surface area contributed by atoms with Crippen LogP contribution in [0.3, 0.4) is 0 Å². The van der Waals surface area contributed by atoms with Gasteiger partial charge in [0.05, 0.1) is 20.5 Å². The molecular formula is C25H22Cl2NO7PS. The number of phenols is 1. The number of phenolic OH excluding ortho intramolecular Hbond substituents is 1. The largest absolute Gasteiger partial charge is 0.508 e. The van der Waals surface area contributed by atoms with E-state index in [4.69, 9.17) is 28.9 Å². The Morgan fingerprint density at radius 3 is 2.22 bits per heavy atom. The maximum Gasteiger partial charge on any atom is 0.314 e. The fourth-order valence-electron chi connectivity index (χ4n) is 3.71. The lowest BCUT2D eigenvalue weighted by atomic mass is 10.1. The lowest BCUT2D eigenvalue weighted by Crippen LogP contribution is -2.27. The molecule has 0 saturated carbocycles. The molecular weight excluding hydrogens is 560 g/mol. The summed E-state index contributed by atoms with van der Waals surface area (Å²) >= 11 is 12.2. The third-order valence-electron chi connectivity index (χ3n) is 5.54. The number of carbonyl (C=O) groups excluding carboxylic acids is 1. The molecule has 0 fully saturated rings. The van der Waals surface area contributed by atoms with Crippen LogP contribution < -0.4 is 11.0 Å². The molecule has 0 spiro atoms. The number of rotatable bonds is 9. The molecule has 194 valence electrons. The smallest absolute Gasteiger partial charge is 0.314 e. The van der Waals surface area contributed by atoms with Gasteiger partial charge in [-0.1, -0.05) is 53.5 Å². The molecule has 2 unspecified atom stereocenters. The Kier molecular flexibility index (Phi) is 8.55. The van der Waals surface area contributed by atoms with E-state index >= 15 is 0 Å². The van der Waals surface area contributed by atoms with Crippen LogP contribution in [0.2, 0.25) is 10.0 Å². The minimum absolute atomic E-state index is 0.00399. The van der Waals surface area contributed by atoms with Crippen molar-refractivity contribution in [3.63, 3.8) is 0 Å². The number of halogens is 2. The van der Waals surface area contributed by atoms with Crippen molar-refractivity contribution in [2.45, 2.75) is 17.0 Å². The van der Waals surface area contributed by atoms with Crippen molar-refractivity contribution >= 4 is 63.4 Å². The zero-order chi connectivity index (χ0) is 27.5. The number of carboxylic acid groups (broad SMARTS) is 1. The Bertz CT molecular complexity index is 1550. The molecule has 0 aliphatic carbocycles. The molecule has 2 atom stereocenters. The van der Waals surface area contributed by atoms with E-state index in [0.29, 0.717) is 11.1 Å². The molecule has 0 aliphatic heterocycles. The summed E-state index contributed by atoms with van der Waals surface area (Å²) in [6.07, 6.45) is 2.12.